The van der Waals surface area contributed by atoms with Crippen LogP contribution in [0.5, 0.6) is 0 Å². The van der Waals surface area contributed by atoms with E-state index in [1.165, 1.54) is 10.4 Å². The van der Waals surface area contributed by atoms with E-state index in [1.54, 1.807) is 36.0 Å². The Morgan fingerprint density at radius 1 is 1.22 bits per heavy atom. The number of amides is 1. The smallest absolute Gasteiger partial charge is 0.247 e. The van der Waals surface area contributed by atoms with Gasteiger partial charge in [-0.15, -0.1) is 11.3 Å². The average molecular weight is 378 g/mol. The van der Waals surface area contributed by atoms with Gasteiger partial charge >= 0.3 is 0 Å². The maximum absolute atomic E-state index is 13.0. The zero-order chi connectivity index (χ0) is 18.8. The summed E-state index contributed by atoms with van der Waals surface area (Å²) in [6, 6.07) is 12.4. The van der Waals surface area contributed by atoms with Crippen molar-refractivity contribution in [3.05, 3.63) is 81.9 Å². The number of hydrogen-bond donors (Lipinski definition) is 0. The van der Waals surface area contributed by atoms with E-state index < -0.39 is 0 Å². The number of benzene rings is 1. The Kier molecular flexibility index (Phi) is 4.86. The third-order valence-electron chi connectivity index (χ3n) is 4.94. The Morgan fingerprint density at radius 3 is 2.74 bits per heavy atom. The summed E-state index contributed by atoms with van der Waals surface area (Å²) in [6.07, 6.45) is 7.60. The number of hydrogen-bond acceptors (Lipinski definition) is 4. The highest BCUT2D eigenvalue weighted by atomic mass is 32.1. The van der Waals surface area contributed by atoms with Crippen molar-refractivity contribution in [3.63, 3.8) is 0 Å². The maximum Gasteiger partial charge on any atom is 0.247 e. The van der Waals surface area contributed by atoms with E-state index in [-0.39, 0.29) is 11.9 Å². The number of furan rings is 1. The molecule has 0 bridgehead atoms. The number of carbonyl (C=O) groups excluding carboxylic acids is 1. The van der Waals surface area contributed by atoms with Crippen LogP contribution < -0.4 is 4.90 Å². The second-order valence-corrected chi connectivity index (χ2v) is 7.86. The van der Waals surface area contributed by atoms with Crippen molar-refractivity contribution < 1.29 is 9.21 Å². The molecule has 0 spiro atoms. The molecule has 0 saturated carbocycles. The fraction of sp³-hybridized carbons (Fsp3) is 0.227. The SMILES string of the molecule is CN(C)c1ccc(C2c3ccsc3CCN2C(=O)C=Cc2ccoc2)cc1. The van der Waals surface area contributed by atoms with Crippen LogP contribution in [0.4, 0.5) is 5.69 Å². The van der Waals surface area contributed by atoms with Gasteiger partial charge in [0.2, 0.25) is 5.91 Å². The van der Waals surface area contributed by atoms with Crippen LogP contribution in [-0.2, 0) is 11.2 Å². The molecule has 27 heavy (non-hydrogen) atoms. The molecule has 0 aliphatic carbocycles. The minimum Gasteiger partial charge on any atom is -0.472 e. The van der Waals surface area contributed by atoms with Gasteiger partial charge in [0.1, 0.15) is 0 Å². The second-order valence-electron chi connectivity index (χ2n) is 6.86. The first kappa shape index (κ1) is 17.6. The lowest BCUT2D eigenvalue weighted by Crippen LogP contribution is -2.39. The van der Waals surface area contributed by atoms with Crippen LogP contribution >= 0.6 is 11.3 Å². The Hall–Kier alpha value is -2.79. The van der Waals surface area contributed by atoms with Crippen molar-refractivity contribution in [3.8, 4) is 0 Å². The molecule has 0 radical (unpaired) electrons. The quantitative estimate of drug-likeness (QED) is 0.623. The molecule has 3 aromatic rings. The number of nitrogens with zero attached hydrogens (tertiary/aromatic N) is 2. The van der Waals surface area contributed by atoms with Crippen molar-refractivity contribution in [1.29, 1.82) is 0 Å². The van der Waals surface area contributed by atoms with Gasteiger partial charge in [0.05, 0.1) is 18.6 Å². The van der Waals surface area contributed by atoms with Gasteiger partial charge in [-0.1, -0.05) is 12.1 Å². The lowest BCUT2D eigenvalue weighted by molar-refractivity contribution is -0.127. The van der Waals surface area contributed by atoms with Crippen LogP contribution in [0.2, 0.25) is 0 Å². The molecule has 1 aromatic carbocycles. The Balaban J connectivity index is 1.66. The first-order valence-corrected chi connectivity index (χ1v) is 9.86. The first-order valence-electron chi connectivity index (χ1n) is 8.98. The summed E-state index contributed by atoms with van der Waals surface area (Å²) in [7, 11) is 4.06. The van der Waals surface area contributed by atoms with E-state index in [0.29, 0.717) is 0 Å². The molecule has 0 N–H and O–H groups in total. The van der Waals surface area contributed by atoms with Gasteiger partial charge in [-0.3, -0.25) is 4.79 Å². The van der Waals surface area contributed by atoms with Crippen LogP contribution in [-0.4, -0.2) is 31.4 Å². The van der Waals surface area contributed by atoms with Gasteiger partial charge < -0.3 is 14.2 Å². The maximum atomic E-state index is 13.0. The van der Waals surface area contributed by atoms with Crippen molar-refractivity contribution in [2.24, 2.45) is 0 Å². The molecule has 2 aromatic heterocycles. The number of anilines is 1. The Morgan fingerprint density at radius 2 is 2.04 bits per heavy atom. The van der Waals surface area contributed by atoms with Crippen LogP contribution in [0.15, 0.2) is 64.8 Å². The molecular weight excluding hydrogens is 356 g/mol. The number of fused-ring (bicyclic) bond motifs is 1. The fourth-order valence-corrected chi connectivity index (χ4v) is 4.40. The molecule has 1 aliphatic heterocycles. The lowest BCUT2D eigenvalue weighted by Gasteiger charge is -2.36. The average Bonchev–Trinajstić information content (AvgIpc) is 3.36. The number of rotatable bonds is 4. The monoisotopic (exact) mass is 378 g/mol. The van der Waals surface area contributed by atoms with E-state index >= 15 is 0 Å². The van der Waals surface area contributed by atoms with Crippen molar-refractivity contribution in [2.75, 3.05) is 25.5 Å². The highest BCUT2D eigenvalue weighted by Crippen LogP contribution is 2.38. The van der Waals surface area contributed by atoms with Crippen LogP contribution in [0.1, 0.15) is 27.6 Å². The van der Waals surface area contributed by atoms with Gasteiger partial charge in [-0.25, -0.2) is 0 Å². The van der Waals surface area contributed by atoms with Crippen LogP contribution in [0.25, 0.3) is 6.08 Å². The van der Waals surface area contributed by atoms with Crippen LogP contribution in [0.3, 0.4) is 0 Å². The highest BCUT2D eigenvalue weighted by Gasteiger charge is 2.31. The molecule has 138 valence electrons. The lowest BCUT2D eigenvalue weighted by atomic mass is 9.93. The molecule has 1 amide bonds. The predicted molar refractivity (Wildman–Crippen MR) is 110 cm³/mol. The van der Waals surface area contributed by atoms with Gasteiger partial charge in [0, 0.05) is 42.8 Å². The summed E-state index contributed by atoms with van der Waals surface area (Å²) < 4.78 is 5.07. The molecule has 0 fully saturated rings. The summed E-state index contributed by atoms with van der Waals surface area (Å²) in [5.41, 5.74) is 4.43. The van der Waals surface area contributed by atoms with E-state index in [4.69, 9.17) is 4.42 Å². The van der Waals surface area contributed by atoms with E-state index in [0.717, 1.165) is 29.8 Å². The van der Waals surface area contributed by atoms with Crippen molar-refractivity contribution in [1.82, 2.24) is 4.90 Å². The number of thiophene rings is 1. The summed E-state index contributed by atoms with van der Waals surface area (Å²) in [5, 5.41) is 2.13. The fourth-order valence-electron chi connectivity index (χ4n) is 3.50. The third kappa shape index (κ3) is 3.55. The summed E-state index contributed by atoms with van der Waals surface area (Å²) in [5.74, 6) is 0.0229. The molecule has 0 saturated heterocycles. The van der Waals surface area contributed by atoms with Gasteiger partial charge in [0.15, 0.2) is 0 Å². The third-order valence-corrected chi connectivity index (χ3v) is 5.93. The molecule has 3 heterocycles. The molecule has 1 aliphatic rings. The largest absolute Gasteiger partial charge is 0.472 e. The van der Waals surface area contributed by atoms with Gasteiger partial charge in [0.25, 0.3) is 0 Å². The van der Waals surface area contributed by atoms with Crippen molar-refractivity contribution >= 4 is 29.0 Å². The Labute approximate surface area is 163 Å². The van der Waals surface area contributed by atoms with E-state index in [1.807, 2.05) is 25.1 Å². The molecule has 1 unspecified atom stereocenters. The molecular formula is C22H22N2O2S. The zero-order valence-corrected chi connectivity index (χ0v) is 16.3. The molecule has 4 rings (SSSR count). The first-order chi connectivity index (χ1) is 13.1. The van der Waals surface area contributed by atoms with Crippen LogP contribution in [0, 0.1) is 0 Å². The minimum absolute atomic E-state index is 0.0229. The molecule has 5 heteroatoms. The van der Waals surface area contributed by atoms with Gasteiger partial charge in [-0.05, 0) is 53.3 Å². The minimum atomic E-state index is -0.0438. The van der Waals surface area contributed by atoms with E-state index in [9.17, 15) is 4.79 Å². The number of carbonyl (C=O) groups is 1. The molecule has 1 atom stereocenters. The summed E-state index contributed by atoms with van der Waals surface area (Å²) in [6.45, 7) is 0.724. The van der Waals surface area contributed by atoms with Crippen molar-refractivity contribution in [2.45, 2.75) is 12.5 Å². The van der Waals surface area contributed by atoms with E-state index in [2.05, 4.69) is 40.6 Å². The Bertz CT molecular complexity index is 939. The predicted octanol–water partition coefficient (Wildman–Crippen LogP) is 4.59. The standard InChI is InChI=1S/C22H22N2O2S/c1-23(2)18-6-4-17(5-7-18)22-19-11-14-27-20(19)9-12-24(22)21(25)8-3-16-10-13-26-15-16/h3-8,10-11,13-15,22H,9,12H2,1-2H3. The second kappa shape index (κ2) is 7.45. The zero-order valence-electron chi connectivity index (χ0n) is 15.5. The summed E-state index contributed by atoms with van der Waals surface area (Å²) >= 11 is 1.78. The topological polar surface area (TPSA) is 36.7 Å². The van der Waals surface area contributed by atoms with Gasteiger partial charge in [-0.2, -0.15) is 0 Å². The normalized spacial score (nSPS) is 16.5. The summed E-state index contributed by atoms with van der Waals surface area (Å²) in [4.78, 5) is 18.4. The highest BCUT2D eigenvalue weighted by molar-refractivity contribution is 7.10. The molecule has 4 nitrogen and oxygen atoms in total.